The van der Waals surface area contributed by atoms with Crippen LogP contribution in [0.4, 0.5) is 11.4 Å². The van der Waals surface area contributed by atoms with Gasteiger partial charge < -0.3 is 11.1 Å². The van der Waals surface area contributed by atoms with Gasteiger partial charge in [-0.25, -0.2) is 0 Å². The smallest absolute Gasteiger partial charge is 0.225 e. The molecular formula is C14H22N2OS. The van der Waals surface area contributed by atoms with Gasteiger partial charge in [0.15, 0.2) is 0 Å². The van der Waals surface area contributed by atoms with Crippen LogP contribution >= 0.6 is 11.8 Å². The first-order valence-electron chi connectivity index (χ1n) is 6.23. The number of carbonyl (C=O) groups is 1. The predicted octanol–water partition coefficient (Wildman–Crippen LogP) is 3.30. The Morgan fingerprint density at radius 1 is 1.44 bits per heavy atom. The van der Waals surface area contributed by atoms with Crippen LogP contribution in [-0.4, -0.2) is 17.4 Å². The van der Waals surface area contributed by atoms with E-state index in [1.165, 1.54) is 0 Å². The van der Waals surface area contributed by atoms with Gasteiger partial charge in [0.25, 0.3) is 0 Å². The summed E-state index contributed by atoms with van der Waals surface area (Å²) in [4.78, 5) is 11.8. The highest BCUT2D eigenvalue weighted by Crippen LogP contribution is 2.20. The first-order chi connectivity index (χ1) is 8.50. The lowest BCUT2D eigenvalue weighted by Gasteiger charge is -2.10. The number of amides is 1. The minimum absolute atomic E-state index is 0.0555. The molecule has 0 unspecified atom stereocenters. The van der Waals surface area contributed by atoms with Gasteiger partial charge >= 0.3 is 0 Å². The van der Waals surface area contributed by atoms with Crippen molar-refractivity contribution < 1.29 is 4.79 Å². The average molecular weight is 266 g/mol. The molecule has 0 heterocycles. The van der Waals surface area contributed by atoms with Gasteiger partial charge in [0, 0.05) is 23.5 Å². The summed E-state index contributed by atoms with van der Waals surface area (Å²) in [5.41, 5.74) is 8.25. The summed E-state index contributed by atoms with van der Waals surface area (Å²) in [6, 6.07) is 5.57. The molecule has 18 heavy (non-hydrogen) atoms. The number of nitrogens with one attached hydrogen (secondary N) is 1. The molecule has 1 rings (SSSR count). The molecule has 0 aliphatic carbocycles. The third-order valence-electron chi connectivity index (χ3n) is 2.57. The summed E-state index contributed by atoms with van der Waals surface area (Å²) in [6.07, 6.45) is 0.547. The van der Waals surface area contributed by atoms with Crippen LogP contribution in [0.1, 0.15) is 25.8 Å². The molecule has 0 saturated heterocycles. The first kappa shape index (κ1) is 14.9. The number of nitrogens with two attached hydrogens (primary N) is 1. The summed E-state index contributed by atoms with van der Waals surface area (Å²) in [7, 11) is 0. The number of thioether (sulfide) groups is 1. The van der Waals surface area contributed by atoms with E-state index in [4.69, 9.17) is 5.73 Å². The van der Waals surface area contributed by atoms with E-state index in [9.17, 15) is 4.79 Å². The highest BCUT2D eigenvalue weighted by atomic mass is 32.2. The zero-order valence-corrected chi connectivity index (χ0v) is 12.1. The molecule has 0 saturated carbocycles. The van der Waals surface area contributed by atoms with Crippen molar-refractivity contribution >= 4 is 29.0 Å². The minimum Gasteiger partial charge on any atom is -0.398 e. The molecule has 1 amide bonds. The topological polar surface area (TPSA) is 55.1 Å². The van der Waals surface area contributed by atoms with Gasteiger partial charge in [-0.2, -0.15) is 11.8 Å². The first-order valence-corrected chi connectivity index (χ1v) is 7.39. The van der Waals surface area contributed by atoms with Crippen LogP contribution in [0.2, 0.25) is 0 Å². The molecule has 0 bridgehead atoms. The van der Waals surface area contributed by atoms with Crippen LogP contribution in [0.3, 0.4) is 0 Å². The van der Waals surface area contributed by atoms with Crippen molar-refractivity contribution in [2.24, 2.45) is 5.92 Å². The van der Waals surface area contributed by atoms with Gasteiger partial charge in [-0.05, 0) is 36.3 Å². The number of hydrogen-bond donors (Lipinski definition) is 2. The second-order valence-corrected chi connectivity index (χ2v) is 5.94. The summed E-state index contributed by atoms with van der Waals surface area (Å²) >= 11 is 1.82. The molecule has 1 aromatic carbocycles. The lowest BCUT2D eigenvalue weighted by molar-refractivity contribution is -0.115. The highest BCUT2D eigenvalue weighted by Gasteiger charge is 2.06. The normalized spacial score (nSPS) is 10.7. The van der Waals surface area contributed by atoms with Crippen molar-refractivity contribution in [1.29, 1.82) is 0 Å². The third kappa shape index (κ3) is 5.00. The van der Waals surface area contributed by atoms with E-state index in [1.807, 2.05) is 36.9 Å². The van der Waals surface area contributed by atoms with Gasteiger partial charge in [0.05, 0.1) is 0 Å². The SMILES string of the molecule is Cc1c(N)cccc1NC(=O)CCSCC(C)C. The fourth-order valence-corrected chi connectivity index (χ4v) is 2.45. The fourth-order valence-electron chi connectivity index (χ4n) is 1.49. The fraction of sp³-hybridized carbons (Fsp3) is 0.500. The van der Waals surface area contributed by atoms with E-state index in [-0.39, 0.29) is 5.91 Å². The molecule has 100 valence electrons. The Hall–Kier alpha value is -1.16. The quantitative estimate of drug-likeness (QED) is 0.613. The Bertz CT molecular complexity index is 405. The Kier molecular flexibility index (Phi) is 6.05. The molecule has 0 aliphatic heterocycles. The lowest BCUT2D eigenvalue weighted by atomic mass is 10.1. The van der Waals surface area contributed by atoms with Crippen molar-refractivity contribution in [3.8, 4) is 0 Å². The standard InChI is InChI=1S/C14H22N2OS/c1-10(2)9-18-8-7-14(17)16-13-6-4-5-12(15)11(13)3/h4-6,10H,7-9,15H2,1-3H3,(H,16,17). The zero-order valence-electron chi connectivity index (χ0n) is 11.3. The van der Waals surface area contributed by atoms with Crippen molar-refractivity contribution in [1.82, 2.24) is 0 Å². The number of hydrogen-bond acceptors (Lipinski definition) is 3. The minimum atomic E-state index is 0.0555. The molecule has 1 aromatic rings. The second kappa shape index (κ2) is 7.31. The highest BCUT2D eigenvalue weighted by molar-refractivity contribution is 7.99. The number of carbonyl (C=O) groups excluding carboxylic acids is 1. The lowest BCUT2D eigenvalue weighted by Crippen LogP contribution is -2.13. The number of nitrogen functional groups attached to an aromatic ring is 1. The molecule has 0 spiro atoms. The van der Waals surface area contributed by atoms with Crippen molar-refractivity contribution in [2.45, 2.75) is 27.2 Å². The van der Waals surface area contributed by atoms with Crippen molar-refractivity contribution in [2.75, 3.05) is 22.6 Å². The summed E-state index contributed by atoms with van der Waals surface area (Å²) in [5, 5.41) is 2.91. The van der Waals surface area contributed by atoms with Crippen LogP contribution in [0.15, 0.2) is 18.2 Å². The maximum absolute atomic E-state index is 11.8. The number of rotatable bonds is 6. The monoisotopic (exact) mass is 266 g/mol. The van der Waals surface area contributed by atoms with E-state index >= 15 is 0 Å². The molecular weight excluding hydrogens is 244 g/mol. The average Bonchev–Trinajstić information content (AvgIpc) is 2.30. The summed E-state index contributed by atoms with van der Waals surface area (Å²) < 4.78 is 0. The van der Waals surface area contributed by atoms with Crippen LogP contribution in [0.25, 0.3) is 0 Å². The van der Waals surface area contributed by atoms with Crippen LogP contribution in [0, 0.1) is 12.8 Å². The maximum Gasteiger partial charge on any atom is 0.225 e. The zero-order chi connectivity index (χ0) is 13.5. The van der Waals surface area contributed by atoms with E-state index < -0.39 is 0 Å². The molecule has 0 radical (unpaired) electrons. The Morgan fingerprint density at radius 2 is 2.17 bits per heavy atom. The Morgan fingerprint density at radius 3 is 2.83 bits per heavy atom. The van der Waals surface area contributed by atoms with E-state index in [2.05, 4.69) is 19.2 Å². The van der Waals surface area contributed by atoms with Gasteiger partial charge in [-0.15, -0.1) is 0 Å². The van der Waals surface area contributed by atoms with Crippen LogP contribution in [-0.2, 0) is 4.79 Å². The van der Waals surface area contributed by atoms with Crippen LogP contribution < -0.4 is 11.1 Å². The molecule has 3 nitrogen and oxygen atoms in total. The molecule has 0 atom stereocenters. The number of anilines is 2. The molecule has 4 heteroatoms. The second-order valence-electron chi connectivity index (χ2n) is 4.79. The van der Waals surface area contributed by atoms with E-state index in [0.717, 1.165) is 22.8 Å². The van der Waals surface area contributed by atoms with Gasteiger partial charge in [-0.3, -0.25) is 4.79 Å². The maximum atomic E-state index is 11.8. The van der Waals surface area contributed by atoms with Gasteiger partial charge in [0.1, 0.15) is 0 Å². The van der Waals surface area contributed by atoms with E-state index in [0.29, 0.717) is 18.0 Å². The molecule has 0 aromatic heterocycles. The Balaban J connectivity index is 2.38. The molecule has 0 fully saturated rings. The number of benzene rings is 1. The van der Waals surface area contributed by atoms with Crippen LogP contribution in [0.5, 0.6) is 0 Å². The van der Waals surface area contributed by atoms with Gasteiger partial charge in [-0.1, -0.05) is 19.9 Å². The summed E-state index contributed by atoms with van der Waals surface area (Å²) in [6.45, 7) is 6.28. The molecule has 3 N–H and O–H groups in total. The van der Waals surface area contributed by atoms with Crippen molar-refractivity contribution in [3.63, 3.8) is 0 Å². The third-order valence-corrected chi connectivity index (χ3v) is 3.97. The van der Waals surface area contributed by atoms with Crippen molar-refractivity contribution in [3.05, 3.63) is 23.8 Å². The Labute approximate surface area is 114 Å². The predicted molar refractivity (Wildman–Crippen MR) is 81.0 cm³/mol. The van der Waals surface area contributed by atoms with Gasteiger partial charge in [0.2, 0.25) is 5.91 Å². The summed E-state index contributed by atoms with van der Waals surface area (Å²) in [5.74, 6) is 2.70. The van der Waals surface area contributed by atoms with E-state index in [1.54, 1.807) is 0 Å². The largest absolute Gasteiger partial charge is 0.398 e. The molecule has 0 aliphatic rings.